The van der Waals surface area contributed by atoms with Crippen LogP contribution in [-0.4, -0.2) is 7.11 Å². The summed E-state index contributed by atoms with van der Waals surface area (Å²) >= 11 is 0. The highest BCUT2D eigenvalue weighted by atomic mass is 16.5. The summed E-state index contributed by atoms with van der Waals surface area (Å²) in [6.07, 6.45) is 13.3. The van der Waals surface area contributed by atoms with Gasteiger partial charge in [-0.2, -0.15) is 0 Å². The van der Waals surface area contributed by atoms with Gasteiger partial charge >= 0.3 is 0 Å². The third-order valence-electron chi connectivity index (χ3n) is 3.27. The average Bonchev–Trinajstić information content (AvgIpc) is 2.56. The lowest BCUT2D eigenvalue weighted by molar-refractivity contribution is 0.231. The lowest BCUT2D eigenvalue weighted by Crippen LogP contribution is -2.18. The fourth-order valence-corrected chi connectivity index (χ4v) is 2.67. The Bertz CT molecular complexity index is 382. The first-order valence-electron chi connectivity index (χ1n) is 4.69. The predicted octanol–water partition coefficient (Wildman–Crippen LogP) is 2.73. The molecular weight excluding hydrogens is 160 g/mol. The van der Waals surface area contributed by atoms with Crippen LogP contribution in [0.1, 0.15) is 12.8 Å². The quantitative estimate of drug-likeness (QED) is 0.591. The maximum Gasteiger partial charge on any atom is 0.106 e. The lowest BCUT2D eigenvalue weighted by Gasteiger charge is -2.27. The largest absolute Gasteiger partial charge is 0.500 e. The van der Waals surface area contributed by atoms with E-state index in [4.69, 9.17) is 4.74 Å². The summed E-state index contributed by atoms with van der Waals surface area (Å²) in [5.74, 6) is 1.14. The minimum absolute atomic E-state index is 0.124. The van der Waals surface area contributed by atoms with Crippen LogP contribution in [0.2, 0.25) is 0 Å². The van der Waals surface area contributed by atoms with Gasteiger partial charge in [0.1, 0.15) is 5.76 Å². The molecule has 1 unspecified atom stereocenters. The monoisotopic (exact) mass is 172 g/mol. The van der Waals surface area contributed by atoms with Crippen molar-refractivity contribution in [2.24, 2.45) is 5.41 Å². The van der Waals surface area contributed by atoms with Crippen LogP contribution in [0, 0.1) is 5.41 Å². The van der Waals surface area contributed by atoms with E-state index >= 15 is 0 Å². The third-order valence-corrected chi connectivity index (χ3v) is 3.27. The van der Waals surface area contributed by atoms with Crippen LogP contribution in [0.3, 0.4) is 0 Å². The van der Waals surface area contributed by atoms with E-state index in [2.05, 4.69) is 30.4 Å². The van der Waals surface area contributed by atoms with Crippen molar-refractivity contribution in [3.8, 4) is 0 Å². The topological polar surface area (TPSA) is 9.23 Å². The van der Waals surface area contributed by atoms with E-state index in [1.54, 1.807) is 7.11 Å². The van der Waals surface area contributed by atoms with E-state index < -0.39 is 0 Å². The van der Waals surface area contributed by atoms with E-state index in [9.17, 15) is 0 Å². The standard InChI is InChI=1S/C12H12O/c1-13-11-5-4-10-7-9-3-2-6-12(10,11)8-9/h2-3,5-7H,4,8H2,1H3. The highest BCUT2D eigenvalue weighted by molar-refractivity contribution is 5.54. The molecule has 3 rings (SSSR count). The molecule has 3 aliphatic rings. The van der Waals surface area contributed by atoms with Crippen LogP contribution in [0.25, 0.3) is 0 Å². The summed E-state index contributed by atoms with van der Waals surface area (Å²) in [5, 5.41) is 0. The van der Waals surface area contributed by atoms with E-state index in [0.29, 0.717) is 0 Å². The highest BCUT2D eigenvalue weighted by Gasteiger charge is 2.45. The molecule has 2 bridgehead atoms. The molecule has 0 fully saturated rings. The molecule has 1 nitrogen and oxygen atoms in total. The normalized spacial score (nSPS) is 33.8. The summed E-state index contributed by atoms with van der Waals surface area (Å²) < 4.78 is 5.44. The molecule has 0 aromatic rings. The summed E-state index contributed by atoms with van der Waals surface area (Å²) in [7, 11) is 1.77. The second kappa shape index (κ2) is 2.16. The van der Waals surface area contributed by atoms with Crippen molar-refractivity contribution in [1.82, 2.24) is 0 Å². The van der Waals surface area contributed by atoms with Crippen LogP contribution in [0.4, 0.5) is 0 Å². The minimum Gasteiger partial charge on any atom is -0.500 e. The molecule has 13 heavy (non-hydrogen) atoms. The Morgan fingerprint density at radius 1 is 1.46 bits per heavy atom. The summed E-state index contributed by atoms with van der Waals surface area (Å²) in [4.78, 5) is 0. The van der Waals surface area contributed by atoms with Gasteiger partial charge in [0.05, 0.1) is 12.5 Å². The van der Waals surface area contributed by atoms with Crippen LogP contribution in [-0.2, 0) is 4.74 Å². The Hall–Kier alpha value is -1.24. The van der Waals surface area contributed by atoms with Crippen LogP contribution in [0.5, 0.6) is 0 Å². The van der Waals surface area contributed by atoms with Gasteiger partial charge in [0.2, 0.25) is 0 Å². The Labute approximate surface area is 78.1 Å². The number of hydrogen-bond acceptors (Lipinski definition) is 1. The van der Waals surface area contributed by atoms with Crippen LogP contribution >= 0.6 is 0 Å². The molecule has 1 atom stereocenters. The zero-order chi connectivity index (χ0) is 8.89. The fourth-order valence-electron chi connectivity index (χ4n) is 2.67. The van der Waals surface area contributed by atoms with E-state index in [1.807, 2.05) is 0 Å². The summed E-state index contributed by atoms with van der Waals surface area (Å²) in [6, 6.07) is 0. The molecule has 0 saturated carbocycles. The average molecular weight is 172 g/mol. The zero-order valence-electron chi connectivity index (χ0n) is 7.71. The maximum atomic E-state index is 5.44. The summed E-state index contributed by atoms with van der Waals surface area (Å²) in [6.45, 7) is 0. The van der Waals surface area contributed by atoms with Crippen LogP contribution < -0.4 is 0 Å². The Morgan fingerprint density at radius 2 is 2.38 bits per heavy atom. The molecule has 0 heterocycles. The first-order chi connectivity index (χ1) is 6.35. The van der Waals surface area contributed by atoms with E-state index in [1.165, 1.54) is 11.1 Å². The fraction of sp³-hybridized carbons (Fsp3) is 0.333. The predicted molar refractivity (Wildman–Crippen MR) is 52.1 cm³/mol. The van der Waals surface area contributed by atoms with Crippen molar-refractivity contribution >= 4 is 0 Å². The molecular formula is C12H12O. The van der Waals surface area contributed by atoms with Crippen molar-refractivity contribution < 1.29 is 4.74 Å². The van der Waals surface area contributed by atoms with Gasteiger partial charge in [-0.25, -0.2) is 0 Å². The molecule has 0 radical (unpaired) electrons. The molecule has 3 aliphatic carbocycles. The van der Waals surface area contributed by atoms with Crippen molar-refractivity contribution in [3.05, 3.63) is 47.3 Å². The first kappa shape index (κ1) is 7.19. The van der Waals surface area contributed by atoms with Crippen molar-refractivity contribution in [2.45, 2.75) is 12.8 Å². The second-order valence-corrected chi connectivity index (χ2v) is 3.90. The summed E-state index contributed by atoms with van der Waals surface area (Å²) in [5.41, 5.74) is 3.07. The molecule has 0 aromatic carbocycles. The van der Waals surface area contributed by atoms with Gasteiger partial charge in [-0.1, -0.05) is 24.3 Å². The van der Waals surface area contributed by atoms with Crippen molar-refractivity contribution in [2.75, 3.05) is 7.11 Å². The molecule has 0 saturated heterocycles. The van der Waals surface area contributed by atoms with Gasteiger partial charge in [0.15, 0.2) is 0 Å². The van der Waals surface area contributed by atoms with Gasteiger partial charge in [-0.15, -0.1) is 0 Å². The van der Waals surface area contributed by atoms with Gasteiger partial charge < -0.3 is 4.74 Å². The van der Waals surface area contributed by atoms with Gasteiger partial charge in [-0.3, -0.25) is 0 Å². The molecule has 0 aromatic heterocycles. The third kappa shape index (κ3) is 0.724. The number of rotatable bonds is 1. The van der Waals surface area contributed by atoms with Gasteiger partial charge in [0.25, 0.3) is 0 Å². The van der Waals surface area contributed by atoms with Gasteiger partial charge in [-0.05, 0) is 30.1 Å². The minimum atomic E-state index is 0.124. The highest BCUT2D eigenvalue weighted by Crippen LogP contribution is 2.55. The number of fused-ring (bicyclic) bond motifs is 1. The lowest BCUT2D eigenvalue weighted by atomic mass is 9.80. The molecule has 1 heteroatoms. The number of ether oxygens (including phenoxy) is 1. The molecule has 1 spiro atoms. The van der Waals surface area contributed by atoms with Crippen molar-refractivity contribution in [3.63, 3.8) is 0 Å². The smallest absolute Gasteiger partial charge is 0.106 e. The molecule has 0 aliphatic heterocycles. The maximum absolute atomic E-state index is 5.44. The van der Waals surface area contributed by atoms with E-state index in [0.717, 1.165) is 18.6 Å². The van der Waals surface area contributed by atoms with E-state index in [-0.39, 0.29) is 5.41 Å². The zero-order valence-corrected chi connectivity index (χ0v) is 7.71. The molecule has 0 N–H and O–H groups in total. The SMILES string of the molecule is COC1=CCC2=CC3=CC=CC21C3. The Kier molecular flexibility index (Phi) is 1.20. The molecule has 0 amide bonds. The Balaban J connectivity index is 2.16. The number of allylic oxidation sites excluding steroid dienone is 6. The first-order valence-corrected chi connectivity index (χ1v) is 4.69. The second-order valence-electron chi connectivity index (χ2n) is 3.90. The molecule has 66 valence electrons. The number of methoxy groups -OCH3 is 1. The Morgan fingerprint density at radius 3 is 3.23 bits per heavy atom. The van der Waals surface area contributed by atoms with Gasteiger partial charge in [0, 0.05) is 0 Å². The van der Waals surface area contributed by atoms with Crippen molar-refractivity contribution in [1.29, 1.82) is 0 Å². The van der Waals surface area contributed by atoms with Crippen LogP contribution in [0.15, 0.2) is 47.3 Å². The number of hydrogen-bond donors (Lipinski definition) is 0.